The fraction of sp³-hybridized carbons (Fsp3) is 0.300. The van der Waals surface area contributed by atoms with Gasteiger partial charge in [0.2, 0.25) is 0 Å². The molecule has 0 saturated carbocycles. The van der Waals surface area contributed by atoms with Gasteiger partial charge in [-0.1, -0.05) is 0 Å². The molecule has 4 nitrogen and oxygen atoms in total. The lowest BCUT2D eigenvalue weighted by Crippen LogP contribution is -2.50. The highest BCUT2D eigenvalue weighted by atomic mass is 19.1. The van der Waals surface area contributed by atoms with Gasteiger partial charge < -0.3 is 16.2 Å². The molecule has 1 rings (SSSR count). The number of nitrogens with one attached hydrogen (secondary N) is 1. The molecule has 0 radical (unpaired) electrons. The van der Waals surface area contributed by atoms with Crippen molar-refractivity contribution in [2.45, 2.75) is 12.5 Å². The monoisotopic (exact) mass is 212 g/mol. The van der Waals surface area contributed by atoms with Gasteiger partial charge in [0.15, 0.2) is 0 Å². The molecular weight excluding hydrogens is 199 g/mol. The maximum Gasteiger partial charge on any atom is 0.325 e. The molecule has 82 valence electrons. The van der Waals surface area contributed by atoms with Crippen LogP contribution in [0.4, 0.5) is 10.1 Å². The molecule has 0 aliphatic rings. The fourth-order valence-electron chi connectivity index (χ4n) is 0.929. The Morgan fingerprint density at radius 2 is 2.07 bits per heavy atom. The SMILES string of the molecule is CC(N)(CNc1ccc(F)cc1)C(=O)O. The van der Waals surface area contributed by atoms with E-state index in [4.69, 9.17) is 10.8 Å². The number of anilines is 1. The van der Waals surface area contributed by atoms with Gasteiger partial charge in [0.05, 0.1) is 0 Å². The third-order valence-corrected chi connectivity index (χ3v) is 1.99. The van der Waals surface area contributed by atoms with Crippen LogP contribution in [0.25, 0.3) is 0 Å². The van der Waals surface area contributed by atoms with Gasteiger partial charge >= 0.3 is 5.97 Å². The summed E-state index contributed by atoms with van der Waals surface area (Å²) in [6.07, 6.45) is 0. The molecule has 1 aromatic carbocycles. The first-order valence-corrected chi connectivity index (χ1v) is 4.43. The summed E-state index contributed by atoms with van der Waals surface area (Å²) in [6, 6.07) is 5.62. The van der Waals surface area contributed by atoms with Gasteiger partial charge in [0, 0.05) is 12.2 Å². The van der Waals surface area contributed by atoms with Crippen molar-refractivity contribution < 1.29 is 14.3 Å². The molecule has 0 amide bonds. The molecular formula is C10H13FN2O2. The number of carboxylic acid groups (broad SMARTS) is 1. The largest absolute Gasteiger partial charge is 0.480 e. The average molecular weight is 212 g/mol. The van der Waals surface area contributed by atoms with Crippen molar-refractivity contribution in [2.24, 2.45) is 5.73 Å². The molecule has 15 heavy (non-hydrogen) atoms. The van der Waals surface area contributed by atoms with E-state index in [9.17, 15) is 9.18 Å². The fourth-order valence-corrected chi connectivity index (χ4v) is 0.929. The lowest BCUT2D eigenvalue weighted by atomic mass is 10.1. The van der Waals surface area contributed by atoms with E-state index in [-0.39, 0.29) is 12.4 Å². The van der Waals surface area contributed by atoms with Crippen molar-refractivity contribution in [1.82, 2.24) is 0 Å². The minimum absolute atomic E-state index is 0.0773. The van der Waals surface area contributed by atoms with E-state index in [1.54, 1.807) is 0 Å². The number of nitrogens with two attached hydrogens (primary N) is 1. The zero-order chi connectivity index (χ0) is 11.5. The highest BCUT2D eigenvalue weighted by molar-refractivity contribution is 5.78. The topological polar surface area (TPSA) is 75.3 Å². The zero-order valence-electron chi connectivity index (χ0n) is 8.33. The van der Waals surface area contributed by atoms with Gasteiger partial charge in [-0.25, -0.2) is 4.39 Å². The quantitative estimate of drug-likeness (QED) is 0.697. The Bertz CT molecular complexity index is 349. The number of rotatable bonds is 4. The molecule has 0 aromatic heterocycles. The molecule has 1 unspecified atom stereocenters. The summed E-state index contributed by atoms with van der Waals surface area (Å²) in [4.78, 5) is 10.7. The number of benzene rings is 1. The normalized spacial score (nSPS) is 14.3. The van der Waals surface area contributed by atoms with E-state index in [0.717, 1.165) is 0 Å². The summed E-state index contributed by atoms with van der Waals surface area (Å²) >= 11 is 0. The number of aliphatic carboxylic acids is 1. The van der Waals surface area contributed by atoms with Gasteiger partial charge in [-0.3, -0.25) is 4.79 Å². The highest BCUT2D eigenvalue weighted by Crippen LogP contribution is 2.09. The molecule has 4 N–H and O–H groups in total. The maximum absolute atomic E-state index is 12.5. The van der Waals surface area contributed by atoms with Crippen LogP contribution >= 0.6 is 0 Å². The van der Waals surface area contributed by atoms with E-state index >= 15 is 0 Å². The summed E-state index contributed by atoms with van der Waals surface area (Å²) in [5.74, 6) is -1.42. The maximum atomic E-state index is 12.5. The minimum atomic E-state index is -1.34. The molecule has 0 heterocycles. The van der Waals surface area contributed by atoms with Crippen LogP contribution in [0.15, 0.2) is 24.3 Å². The van der Waals surface area contributed by atoms with Gasteiger partial charge in [-0.2, -0.15) is 0 Å². The predicted molar refractivity (Wildman–Crippen MR) is 55.1 cm³/mol. The molecule has 5 heteroatoms. The van der Waals surface area contributed by atoms with Gasteiger partial charge in [-0.15, -0.1) is 0 Å². The Morgan fingerprint density at radius 3 is 2.53 bits per heavy atom. The van der Waals surface area contributed by atoms with Crippen LogP contribution in [0.3, 0.4) is 0 Å². The van der Waals surface area contributed by atoms with Crippen molar-refractivity contribution in [2.75, 3.05) is 11.9 Å². The summed E-state index contributed by atoms with van der Waals surface area (Å²) < 4.78 is 12.5. The van der Waals surface area contributed by atoms with Crippen LogP contribution in [-0.4, -0.2) is 23.2 Å². The van der Waals surface area contributed by atoms with E-state index in [1.807, 2.05) is 0 Å². The lowest BCUT2D eigenvalue weighted by Gasteiger charge is -2.20. The second-order valence-corrected chi connectivity index (χ2v) is 3.58. The molecule has 1 atom stereocenters. The second kappa shape index (κ2) is 4.27. The van der Waals surface area contributed by atoms with E-state index in [0.29, 0.717) is 5.69 Å². The van der Waals surface area contributed by atoms with Crippen LogP contribution in [0, 0.1) is 5.82 Å². The Kier molecular flexibility index (Phi) is 3.26. The summed E-state index contributed by atoms with van der Waals surface area (Å²) in [5.41, 5.74) is 4.80. The lowest BCUT2D eigenvalue weighted by molar-refractivity contribution is -0.142. The number of hydrogen-bond donors (Lipinski definition) is 3. The average Bonchev–Trinajstić information content (AvgIpc) is 2.17. The Labute approximate surface area is 86.9 Å². The molecule has 0 spiro atoms. The molecule has 0 saturated heterocycles. The van der Waals surface area contributed by atoms with Crippen LogP contribution in [0.5, 0.6) is 0 Å². The van der Waals surface area contributed by atoms with E-state index in [1.165, 1.54) is 31.2 Å². The first-order valence-electron chi connectivity index (χ1n) is 4.43. The van der Waals surface area contributed by atoms with Crippen molar-refractivity contribution in [3.05, 3.63) is 30.1 Å². The third-order valence-electron chi connectivity index (χ3n) is 1.99. The molecule has 0 bridgehead atoms. The predicted octanol–water partition coefficient (Wildman–Crippen LogP) is 1.04. The smallest absolute Gasteiger partial charge is 0.325 e. The van der Waals surface area contributed by atoms with E-state index in [2.05, 4.69) is 5.32 Å². The summed E-state index contributed by atoms with van der Waals surface area (Å²) in [7, 11) is 0. The molecule has 0 aliphatic heterocycles. The summed E-state index contributed by atoms with van der Waals surface area (Å²) in [6.45, 7) is 1.49. The Hall–Kier alpha value is -1.62. The first kappa shape index (κ1) is 11.5. The van der Waals surface area contributed by atoms with Gasteiger partial charge in [0.1, 0.15) is 11.4 Å². The number of halogens is 1. The van der Waals surface area contributed by atoms with Gasteiger partial charge in [0.25, 0.3) is 0 Å². The van der Waals surface area contributed by atoms with Crippen LogP contribution in [0.2, 0.25) is 0 Å². The number of carboxylic acids is 1. The standard InChI is InChI=1S/C10H13FN2O2/c1-10(12,9(14)15)6-13-8-4-2-7(11)3-5-8/h2-5,13H,6,12H2,1H3,(H,14,15). The van der Waals surface area contributed by atoms with Crippen molar-refractivity contribution in [3.63, 3.8) is 0 Å². The summed E-state index contributed by atoms with van der Waals surface area (Å²) in [5, 5.41) is 11.6. The number of hydrogen-bond acceptors (Lipinski definition) is 3. The molecule has 0 fully saturated rings. The van der Waals surface area contributed by atoms with Crippen molar-refractivity contribution in [3.8, 4) is 0 Å². The second-order valence-electron chi connectivity index (χ2n) is 3.58. The Morgan fingerprint density at radius 1 is 1.53 bits per heavy atom. The Balaban J connectivity index is 2.57. The zero-order valence-corrected chi connectivity index (χ0v) is 8.33. The third kappa shape index (κ3) is 3.21. The van der Waals surface area contributed by atoms with Crippen LogP contribution in [-0.2, 0) is 4.79 Å². The molecule has 0 aliphatic carbocycles. The number of carbonyl (C=O) groups is 1. The van der Waals surface area contributed by atoms with Gasteiger partial charge in [-0.05, 0) is 31.2 Å². The van der Waals surface area contributed by atoms with Crippen molar-refractivity contribution >= 4 is 11.7 Å². The van der Waals surface area contributed by atoms with Crippen LogP contribution < -0.4 is 11.1 Å². The van der Waals surface area contributed by atoms with Crippen LogP contribution in [0.1, 0.15) is 6.92 Å². The highest BCUT2D eigenvalue weighted by Gasteiger charge is 2.27. The first-order chi connectivity index (χ1) is 6.92. The van der Waals surface area contributed by atoms with E-state index < -0.39 is 11.5 Å². The molecule has 1 aromatic rings. The van der Waals surface area contributed by atoms with Crippen molar-refractivity contribution in [1.29, 1.82) is 0 Å². The minimum Gasteiger partial charge on any atom is -0.480 e.